The molecule has 1 aromatic carbocycles. The number of rotatable bonds is 4. The molecule has 0 saturated carbocycles. The second kappa shape index (κ2) is 6.61. The molecule has 0 aliphatic carbocycles. The fourth-order valence-corrected chi connectivity index (χ4v) is 2.48. The van der Waals surface area contributed by atoms with Gasteiger partial charge in [-0.05, 0) is 38.1 Å². The van der Waals surface area contributed by atoms with Crippen molar-refractivity contribution in [3.63, 3.8) is 0 Å². The van der Waals surface area contributed by atoms with Crippen molar-refractivity contribution in [2.45, 2.75) is 25.4 Å². The van der Waals surface area contributed by atoms with Crippen LogP contribution in [0.4, 0.5) is 10.5 Å². The van der Waals surface area contributed by atoms with E-state index in [1.165, 1.54) is 18.4 Å². The van der Waals surface area contributed by atoms with E-state index in [9.17, 15) is 4.79 Å². The normalized spacial score (nSPS) is 19.8. The minimum Gasteiger partial charge on any atom is -0.453 e. The van der Waals surface area contributed by atoms with Crippen LogP contribution < -0.4 is 15.5 Å². The largest absolute Gasteiger partial charge is 0.453 e. The van der Waals surface area contributed by atoms with Crippen molar-refractivity contribution in [2.24, 2.45) is 0 Å². The van der Waals surface area contributed by atoms with Crippen molar-refractivity contribution in [3.05, 3.63) is 29.8 Å². The van der Waals surface area contributed by atoms with Crippen molar-refractivity contribution < 1.29 is 9.53 Å². The van der Waals surface area contributed by atoms with E-state index in [0.717, 1.165) is 19.5 Å². The average Bonchev–Trinajstić information content (AvgIpc) is 2.95. The molecule has 2 atom stereocenters. The highest BCUT2D eigenvalue weighted by molar-refractivity contribution is 5.67. The summed E-state index contributed by atoms with van der Waals surface area (Å²) in [6.07, 6.45) is 0.596. The zero-order chi connectivity index (χ0) is 14.5. The van der Waals surface area contributed by atoms with Crippen LogP contribution in [0.3, 0.4) is 0 Å². The highest BCUT2D eigenvalue weighted by Gasteiger charge is 2.24. The maximum Gasteiger partial charge on any atom is 0.407 e. The standard InChI is InChI=1S/C15H23N3O2/c1-11(16-2)12-4-6-14(7-5-12)18-9-8-13(10-18)17-15(19)20-3/h4-7,11,13,16H,8-10H2,1-3H3,(H,17,19). The molecule has 1 aliphatic heterocycles. The molecule has 1 aliphatic rings. The van der Waals surface area contributed by atoms with Gasteiger partial charge in [0.15, 0.2) is 0 Å². The molecule has 110 valence electrons. The smallest absolute Gasteiger partial charge is 0.407 e. The number of alkyl carbamates (subject to hydrolysis) is 1. The number of hydrogen-bond acceptors (Lipinski definition) is 4. The lowest BCUT2D eigenvalue weighted by Gasteiger charge is -2.20. The highest BCUT2D eigenvalue weighted by Crippen LogP contribution is 2.22. The van der Waals surface area contributed by atoms with Gasteiger partial charge in [-0.3, -0.25) is 0 Å². The first kappa shape index (κ1) is 14.7. The molecule has 1 amide bonds. The number of nitrogens with one attached hydrogen (secondary N) is 2. The van der Waals surface area contributed by atoms with Gasteiger partial charge >= 0.3 is 6.09 Å². The Kier molecular flexibility index (Phi) is 4.84. The van der Waals surface area contributed by atoms with Gasteiger partial charge in [-0.2, -0.15) is 0 Å². The first-order valence-electron chi connectivity index (χ1n) is 7.00. The number of ether oxygens (including phenoxy) is 1. The predicted octanol–water partition coefficient (Wildman–Crippen LogP) is 1.90. The molecular weight excluding hydrogens is 254 g/mol. The Morgan fingerprint density at radius 1 is 1.40 bits per heavy atom. The highest BCUT2D eigenvalue weighted by atomic mass is 16.5. The second-order valence-electron chi connectivity index (χ2n) is 5.17. The Morgan fingerprint density at radius 3 is 2.70 bits per heavy atom. The quantitative estimate of drug-likeness (QED) is 0.882. The van der Waals surface area contributed by atoms with Crippen molar-refractivity contribution in [3.8, 4) is 0 Å². The summed E-state index contributed by atoms with van der Waals surface area (Å²) in [6, 6.07) is 9.11. The molecule has 0 bridgehead atoms. The topological polar surface area (TPSA) is 53.6 Å². The first-order chi connectivity index (χ1) is 9.63. The van der Waals surface area contributed by atoms with Crippen LogP contribution in [-0.4, -0.2) is 39.4 Å². The Labute approximate surface area is 120 Å². The number of anilines is 1. The van der Waals surface area contributed by atoms with Crippen molar-refractivity contribution in [1.29, 1.82) is 0 Å². The van der Waals surface area contributed by atoms with Crippen LogP contribution in [0.15, 0.2) is 24.3 Å². The maximum absolute atomic E-state index is 11.2. The van der Waals surface area contributed by atoms with Gasteiger partial charge in [-0.1, -0.05) is 12.1 Å². The average molecular weight is 277 g/mol. The van der Waals surface area contributed by atoms with Gasteiger partial charge in [0.2, 0.25) is 0 Å². The number of hydrogen-bond donors (Lipinski definition) is 2. The molecule has 1 saturated heterocycles. The van der Waals surface area contributed by atoms with Gasteiger partial charge < -0.3 is 20.3 Å². The third-order valence-corrected chi connectivity index (χ3v) is 3.89. The van der Waals surface area contributed by atoms with E-state index in [2.05, 4.69) is 51.5 Å². The molecule has 5 heteroatoms. The summed E-state index contributed by atoms with van der Waals surface area (Å²) in [7, 11) is 3.35. The van der Waals surface area contributed by atoms with Gasteiger partial charge in [0.1, 0.15) is 0 Å². The molecule has 1 fully saturated rings. The van der Waals surface area contributed by atoms with Crippen molar-refractivity contribution >= 4 is 11.8 Å². The Morgan fingerprint density at radius 2 is 2.10 bits per heavy atom. The summed E-state index contributed by atoms with van der Waals surface area (Å²) < 4.78 is 4.63. The Bertz CT molecular complexity index is 447. The number of amides is 1. The second-order valence-corrected chi connectivity index (χ2v) is 5.17. The fourth-order valence-electron chi connectivity index (χ4n) is 2.48. The lowest BCUT2D eigenvalue weighted by atomic mass is 10.1. The van der Waals surface area contributed by atoms with Crippen LogP contribution in [0, 0.1) is 0 Å². The molecule has 0 aromatic heterocycles. The minimum absolute atomic E-state index is 0.165. The molecule has 5 nitrogen and oxygen atoms in total. The third-order valence-electron chi connectivity index (χ3n) is 3.89. The molecule has 1 aromatic rings. The molecule has 2 rings (SSSR count). The van der Waals surface area contributed by atoms with E-state index in [1.807, 2.05) is 7.05 Å². The number of nitrogens with zero attached hydrogens (tertiary/aromatic N) is 1. The van der Waals surface area contributed by atoms with E-state index in [1.54, 1.807) is 0 Å². The number of carbonyl (C=O) groups is 1. The van der Waals surface area contributed by atoms with Crippen molar-refractivity contribution in [1.82, 2.24) is 10.6 Å². The zero-order valence-corrected chi connectivity index (χ0v) is 12.3. The predicted molar refractivity (Wildman–Crippen MR) is 80.1 cm³/mol. The van der Waals surface area contributed by atoms with E-state index in [4.69, 9.17) is 0 Å². The molecular formula is C15H23N3O2. The number of methoxy groups -OCH3 is 1. The summed E-state index contributed by atoms with van der Waals surface area (Å²) in [5.74, 6) is 0. The Hall–Kier alpha value is -1.75. The summed E-state index contributed by atoms with van der Waals surface area (Å²) in [5.41, 5.74) is 2.48. The zero-order valence-electron chi connectivity index (χ0n) is 12.3. The molecule has 0 radical (unpaired) electrons. The molecule has 1 heterocycles. The fraction of sp³-hybridized carbons (Fsp3) is 0.533. The summed E-state index contributed by atoms with van der Waals surface area (Å²) >= 11 is 0. The monoisotopic (exact) mass is 277 g/mol. The third kappa shape index (κ3) is 3.42. The van der Waals surface area contributed by atoms with Crippen LogP contribution >= 0.6 is 0 Å². The molecule has 2 N–H and O–H groups in total. The van der Waals surface area contributed by atoms with E-state index in [0.29, 0.717) is 6.04 Å². The van der Waals surface area contributed by atoms with E-state index >= 15 is 0 Å². The van der Waals surface area contributed by atoms with Gasteiger partial charge in [0.05, 0.1) is 13.2 Å². The maximum atomic E-state index is 11.2. The van der Waals surface area contributed by atoms with Crippen LogP contribution in [0.25, 0.3) is 0 Å². The summed E-state index contributed by atoms with van der Waals surface area (Å²) in [5, 5.41) is 6.08. The van der Waals surface area contributed by atoms with Gasteiger partial charge in [0.25, 0.3) is 0 Å². The van der Waals surface area contributed by atoms with E-state index < -0.39 is 0 Å². The van der Waals surface area contributed by atoms with Gasteiger partial charge in [-0.15, -0.1) is 0 Å². The van der Waals surface area contributed by atoms with E-state index in [-0.39, 0.29) is 12.1 Å². The molecule has 2 unspecified atom stereocenters. The first-order valence-corrected chi connectivity index (χ1v) is 7.00. The number of benzene rings is 1. The molecule has 0 spiro atoms. The van der Waals surface area contributed by atoms with Crippen LogP contribution in [0.5, 0.6) is 0 Å². The van der Waals surface area contributed by atoms with Crippen LogP contribution in [-0.2, 0) is 4.74 Å². The SMILES string of the molecule is CNC(C)c1ccc(N2CCC(NC(=O)OC)C2)cc1. The summed E-state index contributed by atoms with van der Waals surface area (Å²) in [4.78, 5) is 13.5. The van der Waals surface area contributed by atoms with Crippen LogP contribution in [0.2, 0.25) is 0 Å². The van der Waals surface area contributed by atoms with Gasteiger partial charge in [0, 0.05) is 24.8 Å². The number of carbonyl (C=O) groups excluding carboxylic acids is 1. The lowest BCUT2D eigenvalue weighted by Crippen LogP contribution is -2.36. The molecule has 20 heavy (non-hydrogen) atoms. The minimum atomic E-state index is -0.352. The lowest BCUT2D eigenvalue weighted by molar-refractivity contribution is 0.167. The van der Waals surface area contributed by atoms with Crippen LogP contribution in [0.1, 0.15) is 24.9 Å². The van der Waals surface area contributed by atoms with Gasteiger partial charge in [-0.25, -0.2) is 4.79 Å². The summed E-state index contributed by atoms with van der Waals surface area (Å²) in [6.45, 7) is 3.92. The van der Waals surface area contributed by atoms with Crippen molar-refractivity contribution in [2.75, 3.05) is 32.1 Å². The Balaban J connectivity index is 1.94.